The highest BCUT2D eigenvalue weighted by molar-refractivity contribution is 5.99. The third-order valence-electron chi connectivity index (χ3n) is 2.43. The van der Waals surface area contributed by atoms with Gasteiger partial charge in [-0.2, -0.15) is 0 Å². The number of aliphatic hydroxyl groups is 2. The van der Waals surface area contributed by atoms with E-state index in [4.69, 9.17) is 19.7 Å². The van der Waals surface area contributed by atoms with Crippen molar-refractivity contribution in [2.75, 3.05) is 26.4 Å². The molecular weight excluding hydrogens is 264 g/mol. The fourth-order valence-electron chi connectivity index (χ4n) is 0.756. The summed E-state index contributed by atoms with van der Waals surface area (Å²) in [6, 6.07) is 0. The zero-order valence-electron chi connectivity index (χ0n) is 13.4. The summed E-state index contributed by atoms with van der Waals surface area (Å²) in [6.45, 7) is 10.6. The zero-order valence-corrected chi connectivity index (χ0v) is 13.4. The second kappa shape index (κ2) is 9.72. The van der Waals surface area contributed by atoms with Crippen LogP contribution >= 0.6 is 0 Å². The molecule has 0 aromatic carbocycles. The topological polar surface area (TPSA) is 93.1 Å². The van der Waals surface area contributed by atoms with Gasteiger partial charge in [-0.1, -0.05) is 13.8 Å². The van der Waals surface area contributed by atoms with E-state index in [9.17, 15) is 9.59 Å². The molecule has 20 heavy (non-hydrogen) atoms. The number of carbonyl (C=O) groups is 2. The van der Waals surface area contributed by atoms with Crippen molar-refractivity contribution in [3.05, 3.63) is 0 Å². The van der Waals surface area contributed by atoms with Crippen LogP contribution in [0.25, 0.3) is 0 Å². The van der Waals surface area contributed by atoms with Crippen molar-refractivity contribution >= 4 is 11.9 Å². The summed E-state index contributed by atoms with van der Waals surface area (Å²) in [6.07, 6.45) is 0. The van der Waals surface area contributed by atoms with Crippen LogP contribution in [0.15, 0.2) is 0 Å². The molecule has 0 heterocycles. The normalized spacial score (nSPS) is 11.2. The fourth-order valence-corrected chi connectivity index (χ4v) is 0.756. The molecule has 0 aromatic heterocycles. The predicted octanol–water partition coefficient (Wildman–Crippen LogP) is 1.14. The molecule has 0 saturated heterocycles. The van der Waals surface area contributed by atoms with Gasteiger partial charge in [-0.25, -0.2) is 0 Å². The molecule has 0 fully saturated rings. The molecule has 0 saturated carbocycles. The van der Waals surface area contributed by atoms with E-state index < -0.39 is 17.4 Å². The van der Waals surface area contributed by atoms with E-state index in [-0.39, 0.29) is 31.8 Å². The van der Waals surface area contributed by atoms with Crippen LogP contribution in [0.4, 0.5) is 0 Å². The lowest BCUT2D eigenvalue weighted by Crippen LogP contribution is -2.36. The Labute approximate surface area is 121 Å². The Balaban J connectivity index is 0. The average Bonchev–Trinajstić information content (AvgIpc) is 2.40. The Bertz CT molecular complexity index is 270. The van der Waals surface area contributed by atoms with Gasteiger partial charge in [0.1, 0.15) is 0 Å². The number of esters is 2. The van der Waals surface area contributed by atoms with Crippen molar-refractivity contribution in [2.45, 2.75) is 41.5 Å². The first-order chi connectivity index (χ1) is 9.08. The van der Waals surface area contributed by atoms with Gasteiger partial charge >= 0.3 is 11.9 Å². The summed E-state index contributed by atoms with van der Waals surface area (Å²) in [5.41, 5.74) is -1.51. The van der Waals surface area contributed by atoms with E-state index >= 15 is 0 Å². The molecule has 0 unspecified atom stereocenters. The van der Waals surface area contributed by atoms with Crippen molar-refractivity contribution in [2.24, 2.45) is 10.8 Å². The lowest BCUT2D eigenvalue weighted by Gasteiger charge is -2.19. The molecule has 0 radical (unpaired) electrons. The lowest BCUT2D eigenvalue weighted by molar-refractivity contribution is -0.169. The van der Waals surface area contributed by atoms with Crippen molar-refractivity contribution < 1.29 is 29.3 Å². The molecule has 0 rings (SSSR count). The van der Waals surface area contributed by atoms with Crippen LogP contribution in [0.3, 0.4) is 0 Å². The van der Waals surface area contributed by atoms with Crippen LogP contribution in [-0.2, 0) is 19.1 Å². The standard InChI is InChI=1S/C9H16O4.C5H12O2/c1-5-12-7(10)9(3,4)8(11)13-6-2;1-5(2,3-6)4-7/h5-6H2,1-4H3;6-7H,3-4H2,1-2H3. The third-order valence-corrected chi connectivity index (χ3v) is 2.43. The maximum atomic E-state index is 11.3. The number of hydrogen-bond donors (Lipinski definition) is 2. The number of aliphatic hydroxyl groups excluding tert-OH is 2. The van der Waals surface area contributed by atoms with E-state index in [0.29, 0.717) is 0 Å². The van der Waals surface area contributed by atoms with Crippen LogP contribution in [-0.4, -0.2) is 48.6 Å². The van der Waals surface area contributed by atoms with Gasteiger partial charge in [-0.3, -0.25) is 9.59 Å². The first-order valence-electron chi connectivity index (χ1n) is 6.65. The summed E-state index contributed by atoms with van der Waals surface area (Å²) in [4.78, 5) is 22.5. The minimum Gasteiger partial charge on any atom is -0.465 e. The van der Waals surface area contributed by atoms with Crippen molar-refractivity contribution in [3.8, 4) is 0 Å². The van der Waals surface area contributed by atoms with Gasteiger partial charge in [-0.15, -0.1) is 0 Å². The van der Waals surface area contributed by atoms with Gasteiger partial charge in [-0.05, 0) is 27.7 Å². The molecule has 6 heteroatoms. The first-order valence-corrected chi connectivity index (χ1v) is 6.65. The highest BCUT2D eigenvalue weighted by Gasteiger charge is 2.39. The molecule has 2 N–H and O–H groups in total. The van der Waals surface area contributed by atoms with E-state index in [2.05, 4.69) is 0 Å². The molecule has 0 aromatic rings. The van der Waals surface area contributed by atoms with Gasteiger partial charge < -0.3 is 19.7 Å². The molecule has 120 valence electrons. The monoisotopic (exact) mass is 292 g/mol. The highest BCUT2D eigenvalue weighted by atomic mass is 16.6. The maximum Gasteiger partial charge on any atom is 0.322 e. The zero-order chi connectivity index (χ0) is 16.4. The van der Waals surface area contributed by atoms with E-state index in [1.807, 2.05) is 0 Å². The van der Waals surface area contributed by atoms with Gasteiger partial charge in [0.15, 0.2) is 5.41 Å². The minimum atomic E-state index is -1.20. The Hall–Kier alpha value is -1.14. The van der Waals surface area contributed by atoms with Gasteiger partial charge in [0, 0.05) is 5.41 Å². The van der Waals surface area contributed by atoms with Crippen molar-refractivity contribution in [3.63, 3.8) is 0 Å². The number of ether oxygens (including phenoxy) is 2. The van der Waals surface area contributed by atoms with Crippen LogP contribution in [0.5, 0.6) is 0 Å². The van der Waals surface area contributed by atoms with Crippen molar-refractivity contribution in [1.29, 1.82) is 0 Å². The minimum absolute atomic E-state index is 0.0451. The first kappa shape index (κ1) is 21.2. The van der Waals surface area contributed by atoms with Crippen LogP contribution in [0, 0.1) is 10.8 Å². The second-order valence-electron chi connectivity index (χ2n) is 5.55. The SMILES string of the molecule is CC(C)(CO)CO.CCOC(=O)C(C)(C)C(=O)OCC. The number of carbonyl (C=O) groups excluding carboxylic acids is 2. The molecule has 0 aliphatic heterocycles. The quantitative estimate of drug-likeness (QED) is 0.563. The van der Waals surface area contributed by atoms with Crippen molar-refractivity contribution in [1.82, 2.24) is 0 Å². The molecule has 0 atom stereocenters. The predicted molar refractivity (Wildman–Crippen MR) is 75.0 cm³/mol. The van der Waals surface area contributed by atoms with E-state index in [0.717, 1.165) is 0 Å². The van der Waals surface area contributed by atoms with Crippen LogP contribution < -0.4 is 0 Å². The Morgan fingerprint density at radius 2 is 1.15 bits per heavy atom. The molecule has 0 spiro atoms. The summed E-state index contributed by atoms with van der Waals surface area (Å²) in [5, 5.41) is 16.9. The Kier molecular flexibility index (Phi) is 10.3. The largest absolute Gasteiger partial charge is 0.465 e. The average molecular weight is 292 g/mol. The van der Waals surface area contributed by atoms with Gasteiger partial charge in [0.25, 0.3) is 0 Å². The fraction of sp³-hybridized carbons (Fsp3) is 0.857. The Morgan fingerprint density at radius 3 is 1.30 bits per heavy atom. The molecule has 0 amide bonds. The molecular formula is C14H28O6. The molecule has 0 aliphatic carbocycles. The Morgan fingerprint density at radius 1 is 0.850 bits per heavy atom. The molecule has 0 bridgehead atoms. The smallest absolute Gasteiger partial charge is 0.322 e. The number of hydrogen-bond acceptors (Lipinski definition) is 6. The van der Waals surface area contributed by atoms with Gasteiger partial charge in [0.05, 0.1) is 26.4 Å². The molecule has 0 aliphatic rings. The van der Waals surface area contributed by atoms with Gasteiger partial charge in [0.2, 0.25) is 0 Å². The van der Waals surface area contributed by atoms with E-state index in [1.165, 1.54) is 13.8 Å². The number of rotatable bonds is 6. The highest BCUT2D eigenvalue weighted by Crippen LogP contribution is 2.19. The summed E-state index contributed by atoms with van der Waals surface area (Å²) < 4.78 is 9.47. The summed E-state index contributed by atoms with van der Waals surface area (Å²) >= 11 is 0. The second-order valence-corrected chi connectivity index (χ2v) is 5.55. The summed E-state index contributed by atoms with van der Waals surface area (Å²) in [7, 11) is 0. The molecule has 6 nitrogen and oxygen atoms in total. The summed E-state index contributed by atoms with van der Waals surface area (Å²) in [5.74, 6) is -1.10. The third kappa shape index (κ3) is 8.12. The van der Waals surface area contributed by atoms with Crippen LogP contribution in [0.2, 0.25) is 0 Å². The maximum absolute atomic E-state index is 11.3. The lowest BCUT2D eigenvalue weighted by atomic mass is 9.94. The van der Waals surface area contributed by atoms with Crippen LogP contribution in [0.1, 0.15) is 41.5 Å². The van der Waals surface area contributed by atoms with E-state index in [1.54, 1.807) is 27.7 Å².